The quantitative estimate of drug-likeness (QED) is 0.629. The summed E-state index contributed by atoms with van der Waals surface area (Å²) in [5.41, 5.74) is 3.53. The summed E-state index contributed by atoms with van der Waals surface area (Å²) < 4.78 is 0. The number of Topliss-reactive ketones (excluding diaryl/α,β-unsaturated/α-hetero) is 1. The van der Waals surface area contributed by atoms with Crippen LogP contribution in [0.2, 0.25) is 0 Å². The third kappa shape index (κ3) is 2.63. The Morgan fingerprint density at radius 1 is 0.967 bits per heavy atom. The summed E-state index contributed by atoms with van der Waals surface area (Å²) in [6.45, 7) is 10.0. The molecule has 6 atom stereocenters. The van der Waals surface area contributed by atoms with Crippen molar-refractivity contribution in [3.05, 3.63) is 23.4 Å². The highest BCUT2D eigenvalue weighted by Crippen LogP contribution is 2.64. The molecule has 5 unspecified atom stereocenters. The summed E-state index contributed by atoms with van der Waals surface area (Å²) in [4.78, 5) is 18.4. The lowest BCUT2D eigenvalue weighted by atomic mass is 9.47. The Kier molecular flexibility index (Phi) is 4.54. The van der Waals surface area contributed by atoms with Crippen molar-refractivity contribution in [1.29, 1.82) is 0 Å². The number of hydrogen-bond donors (Lipinski definition) is 0. The van der Waals surface area contributed by atoms with Gasteiger partial charge in [0.15, 0.2) is 0 Å². The van der Waals surface area contributed by atoms with Gasteiger partial charge in [-0.2, -0.15) is 0 Å². The maximum atomic E-state index is 12.8. The van der Waals surface area contributed by atoms with E-state index in [1.54, 1.807) is 11.3 Å². The number of nitrogens with zero attached hydrogens (tertiary/aromatic N) is 2. The van der Waals surface area contributed by atoms with Gasteiger partial charge in [-0.25, -0.2) is 0 Å². The van der Waals surface area contributed by atoms with Gasteiger partial charge in [0.2, 0.25) is 0 Å². The van der Waals surface area contributed by atoms with Crippen LogP contribution in [0.1, 0.15) is 78.1 Å². The minimum absolute atomic E-state index is 0.0166. The van der Waals surface area contributed by atoms with E-state index in [2.05, 4.69) is 35.8 Å². The van der Waals surface area contributed by atoms with Gasteiger partial charge in [-0.1, -0.05) is 19.9 Å². The first-order valence-corrected chi connectivity index (χ1v) is 13.0. The van der Waals surface area contributed by atoms with Gasteiger partial charge in [-0.15, -0.1) is 0 Å². The number of likely N-dealkylation sites (tertiary alicyclic amines) is 2. The second-order valence-electron chi connectivity index (χ2n) is 11.8. The molecule has 2 saturated carbocycles. The second kappa shape index (κ2) is 6.95. The van der Waals surface area contributed by atoms with Crippen LogP contribution >= 0.6 is 0 Å². The standard InChI is InChI=1S/C27H40N2O/c1-26-12-11-23-21(22(26)9-10-25(26)30)8-7-19-17-20(28-13-3-4-14-28)18-24(27(19,23)2)29-15-5-6-16-29/h7,17,21-24H,3-6,8-16,18H2,1-2H3/t21?,22?,23?,24?,26?,27-/m0/s1. The number of allylic oxidation sites excluding steroid dienone is 2. The summed E-state index contributed by atoms with van der Waals surface area (Å²) in [5.74, 6) is 2.67. The van der Waals surface area contributed by atoms with Gasteiger partial charge in [-0.3, -0.25) is 9.69 Å². The fraction of sp³-hybridized carbons (Fsp3) is 0.815. The van der Waals surface area contributed by atoms with E-state index in [0.29, 0.717) is 17.7 Å². The number of carbonyl (C=O) groups is 1. The molecule has 2 heterocycles. The van der Waals surface area contributed by atoms with Crippen LogP contribution in [0.25, 0.3) is 0 Å². The van der Waals surface area contributed by atoms with Crippen molar-refractivity contribution in [2.75, 3.05) is 26.2 Å². The first-order valence-electron chi connectivity index (χ1n) is 13.0. The fourth-order valence-electron chi connectivity index (χ4n) is 8.92. The molecule has 6 aliphatic rings. The van der Waals surface area contributed by atoms with Crippen molar-refractivity contribution >= 4 is 5.78 Å². The third-order valence-corrected chi connectivity index (χ3v) is 10.7. The molecule has 2 saturated heterocycles. The topological polar surface area (TPSA) is 23.6 Å². The van der Waals surface area contributed by atoms with E-state index in [1.165, 1.54) is 71.1 Å². The molecule has 6 rings (SSSR count). The van der Waals surface area contributed by atoms with Crippen molar-refractivity contribution in [2.45, 2.75) is 84.1 Å². The molecule has 0 N–H and O–H groups in total. The second-order valence-corrected chi connectivity index (χ2v) is 11.8. The Bertz CT molecular complexity index is 787. The number of ketones is 1. The van der Waals surface area contributed by atoms with Gasteiger partial charge in [0.25, 0.3) is 0 Å². The van der Waals surface area contributed by atoms with Gasteiger partial charge < -0.3 is 4.90 Å². The van der Waals surface area contributed by atoms with Crippen LogP contribution in [0.15, 0.2) is 23.4 Å². The molecule has 3 heteroatoms. The van der Waals surface area contributed by atoms with Crippen LogP contribution < -0.4 is 0 Å². The molecule has 0 spiro atoms. The van der Waals surface area contributed by atoms with Gasteiger partial charge in [-0.05, 0) is 93.9 Å². The molecule has 0 radical (unpaired) electrons. The van der Waals surface area contributed by atoms with Crippen molar-refractivity contribution in [1.82, 2.24) is 9.80 Å². The normalized spacial score (nSPS) is 46.3. The van der Waals surface area contributed by atoms with Crippen LogP contribution in [0, 0.1) is 28.6 Å². The van der Waals surface area contributed by atoms with Gasteiger partial charge in [0, 0.05) is 48.5 Å². The molecule has 164 valence electrons. The van der Waals surface area contributed by atoms with Crippen molar-refractivity contribution < 1.29 is 4.79 Å². The van der Waals surface area contributed by atoms with E-state index in [-0.39, 0.29) is 10.8 Å². The molecule has 0 amide bonds. The van der Waals surface area contributed by atoms with Crippen molar-refractivity contribution in [2.24, 2.45) is 28.6 Å². The summed E-state index contributed by atoms with van der Waals surface area (Å²) in [5, 5.41) is 0. The van der Waals surface area contributed by atoms with Gasteiger partial charge in [0.05, 0.1) is 0 Å². The third-order valence-electron chi connectivity index (χ3n) is 10.7. The summed E-state index contributed by atoms with van der Waals surface area (Å²) in [6.07, 6.45) is 17.6. The minimum atomic E-state index is -0.0166. The Labute approximate surface area is 182 Å². The van der Waals surface area contributed by atoms with Crippen LogP contribution in [0.5, 0.6) is 0 Å². The smallest absolute Gasteiger partial charge is 0.139 e. The minimum Gasteiger partial charge on any atom is -0.375 e. The number of hydrogen-bond acceptors (Lipinski definition) is 3. The molecule has 4 fully saturated rings. The van der Waals surface area contributed by atoms with Gasteiger partial charge in [0.1, 0.15) is 5.78 Å². The highest BCUT2D eigenvalue weighted by Gasteiger charge is 2.60. The lowest BCUT2D eigenvalue weighted by Gasteiger charge is -2.60. The van der Waals surface area contributed by atoms with Crippen LogP contribution in [0.3, 0.4) is 0 Å². The Morgan fingerprint density at radius 3 is 2.47 bits per heavy atom. The monoisotopic (exact) mass is 408 g/mol. The number of carbonyl (C=O) groups excluding carboxylic acids is 1. The predicted molar refractivity (Wildman–Crippen MR) is 121 cm³/mol. The average Bonchev–Trinajstić information content (AvgIpc) is 3.49. The van der Waals surface area contributed by atoms with E-state index in [1.807, 2.05) is 0 Å². The summed E-state index contributed by atoms with van der Waals surface area (Å²) >= 11 is 0. The molecular weight excluding hydrogens is 368 g/mol. The maximum Gasteiger partial charge on any atom is 0.139 e. The molecule has 0 aromatic heterocycles. The van der Waals surface area contributed by atoms with Crippen molar-refractivity contribution in [3.63, 3.8) is 0 Å². The SMILES string of the molecule is CC12CCC3C(CC=C4C=C(N5CCCC5)CC(N5CCCC5)[C@@]43C)C1CCC2=O. The zero-order valence-electron chi connectivity index (χ0n) is 19.2. The largest absolute Gasteiger partial charge is 0.375 e. The lowest BCUT2D eigenvalue weighted by Crippen LogP contribution is -2.58. The highest BCUT2D eigenvalue weighted by atomic mass is 16.1. The molecule has 0 aromatic carbocycles. The first kappa shape index (κ1) is 19.6. The zero-order valence-corrected chi connectivity index (χ0v) is 19.2. The maximum absolute atomic E-state index is 12.8. The average molecular weight is 409 g/mol. The van der Waals surface area contributed by atoms with Crippen LogP contribution in [-0.2, 0) is 4.79 Å². The molecule has 4 aliphatic carbocycles. The van der Waals surface area contributed by atoms with E-state index < -0.39 is 0 Å². The summed E-state index contributed by atoms with van der Waals surface area (Å²) in [6, 6.07) is 0.654. The predicted octanol–water partition coefficient (Wildman–Crippen LogP) is 5.18. The molecular formula is C27H40N2O. The van der Waals surface area contributed by atoms with Crippen LogP contribution in [0.4, 0.5) is 0 Å². The molecule has 0 bridgehead atoms. The Balaban J connectivity index is 1.40. The lowest BCUT2D eigenvalue weighted by molar-refractivity contribution is -0.132. The van der Waals surface area contributed by atoms with Crippen molar-refractivity contribution in [3.8, 4) is 0 Å². The Morgan fingerprint density at radius 2 is 1.70 bits per heavy atom. The molecule has 3 nitrogen and oxygen atoms in total. The van der Waals surface area contributed by atoms with E-state index in [0.717, 1.165) is 31.1 Å². The molecule has 0 aromatic rings. The summed E-state index contributed by atoms with van der Waals surface area (Å²) in [7, 11) is 0. The fourth-order valence-corrected chi connectivity index (χ4v) is 8.92. The van der Waals surface area contributed by atoms with Gasteiger partial charge >= 0.3 is 0 Å². The van der Waals surface area contributed by atoms with E-state index in [4.69, 9.17) is 0 Å². The molecule has 2 aliphatic heterocycles. The van der Waals surface area contributed by atoms with E-state index in [9.17, 15) is 4.79 Å². The Hall–Kier alpha value is -1.09. The first-order chi connectivity index (χ1) is 14.5. The number of fused-ring (bicyclic) bond motifs is 5. The van der Waals surface area contributed by atoms with Crippen LogP contribution in [-0.4, -0.2) is 47.8 Å². The zero-order chi connectivity index (χ0) is 20.5. The van der Waals surface area contributed by atoms with E-state index >= 15 is 0 Å². The molecule has 30 heavy (non-hydrogen) atoms. The number of rotatable bonds is 2. The highest BCUT2D eigenvalue weighted by molar-refractivity contribution is 5.87.